The Morgan fingerprint density at radius 2 is 1.83 bits per heavy atom. The summed E-state index contributed by atoms with van der Waals surface area (Å²) in [5, 5.41) is 0. The van der Waals surface area contributed by atoms with Crippen molar-refractivity contribution in [3.63, 3.8) is 0 Å². The minimum absolute atomic E-state index is 0.127. The van der Waals surface area contributed by atoms with Crippen LogP contribution in [-0.2, 0) is 23.8 Å². The lowest BCUT2D eigenvalue weighted by atomic mass is 9.61. The molecule has 3 rings (SSSR count). The Balaban J connectivity index is 2.26. The van der Waals surface area contributed by atoms with Gasteiger partial charge in [0, 0.05) is 31.5 Å². The molecule has 1 aliphatic carbocycles. The SMILES string of the molecule is COC(=O)[C@]12CC(OC)=C(OC)C[C@H]1c1ccccc1N(C)C2=O. The van der Waals surface area contributed by atoms with Crippen molar-refractivity contribution in [1.29, 1.82) is 0 Å². The summed E-state index contributed by atoms with van der Waals surface area (Å²) < 4.78 is 15.9. The minimum Gasteiger partial charge on any atom is -0.498 e. The molecular formula is C18H21NO5. The van der Waals surface area contributed by atoms with Gasteiger partial charge in [0.15, 0.2) is 5.41 Å². The summed E-state index contributed by atoms with van der Waals surface area (Å²) in [6.07, 6.45) is 0.535. The highest BCUT2D eigenvalue weighted by molar-refractivity contribution is 6.13. The van der Waals surface area contributed by atoms with Crippen LogP contribution in [-0.4, -0.2) is 40.3 Å². The van der Waals surface area contributed by atoms with E-state index >= 15 is 0 Å². The summed E-state index contributed by atoms with van der Waals surface area (Å²) in [6, 6.07) is 7.62. The average Bonchev–Trinajstić information content (AvgIpc) is 2.64. The maximum atomic E-state index is 13.2. The van der Waals surface area contributed by atoms with E-state index in [0.717, 1.165) is 11.3 Å². The lowest BCUT2D eigenvalue weighted by Gasteiger charge is -2.47. The lowest BCUT2D eigenvalue weighted by Crippen LogP contribution is -2.56. The molecular weight excluding hydrogens is 310 g/mol. The van der Waals surface area contributed by atoms with Crippen LogP contribution in [0, 0.1) is 5.41 Å². The number of fused-ring (bicyclic) bond motifs is 3. The average molecular weight is 331 g/mol. The number of carbonyl (C=O) groups excluding carboxylic acids is 2. The van der Waals surface area contributed by atoms with E-state index in [9.17, 15) is 9.59 Å². The van der Waals surface area contributed by atoms with Gasteiger partial charge < -0.3 is 19.1 Å². The van der Waals surface area contributed by atoms with Gasteiger partial charge in [-0.15, -0.1) is 0 Å². The third-order valence-corrected chi connectivity index (χ3v) is 5.14. The van der Waals surface area contributed by atoms with E-state index in [1.165, 1.54) is 19.1 Å². The molecule has 1 aromatic rings. The minimum atomic E-state index is -1.33. The van der Waals surface area contributed by atoms with Crippen molar-refractivity contribution in [1.82, 2.24) is 0 Å². The number of rotatable bonds is 3. The van der Waals surface area contributed by atoms with Gasteiger partial charge in [-0.3, -0.25) is 9.59 Å². The smallest absolute Gasteiger partial charge is 0.322 e. The van der Waals surface area contributed by atoms with E-state index in [4.69, 9.17) is 14.2 Å². The highest BCUT2D eigenvalue weighted by atomic mass is 16.5. The number of esters is 1. The fourth-order valence-electron chi connectivity index (χ4n) is 3.91. The molecule has 24 heavy (non-hydrogen) atoms. The maximum absolute atomic E-state index is 13.2. The second-order valence-electron chi connectivity index (χ2n) is 6.07. The van der Waals surface area contributed by atoms with Crippen LogP contribution < -0.4 is 4.90 Å². The predicted octanol–water partition coefficient (Wildman–Crippen LogP) is 2.20. The Hall–Kier alpha value is -2.50. The van der Waals surface area contributed by atoms with Crippen LogP contribution in [0.5, 0.6) is 0 Å². The first-order chi connectivity index (χ1) is 11.5. The third kappa shape index (κ3) is 2.02. The van der Waals surface area contributed by atoms with Gasteiger partial charge in [0.2, 0.25) is 5.91 Å². The van der Waals surface area contributed by atoms with Crippen molar-refractivity contribution in [2.75, 3.05) is 33.3 Å². The number of nitrogens with zero attached hydrogens (tertiary/aromatic N) is 1. The Kier molecular flexibility index (Phi) is 3.99. The summed E-state index contributed by atoms with van der Waals surface area (Å²) in [6.45, 7) is 0. The second kappa shape index (κ2) is 5.85. The van der Waals surface area contributed by atoms with E-state index < -0.39 is 11.4 Å². The molecule has 1 amide bonds. The van der Waals surface area contributed by atoms with Crippen LogP contribution >= 0.6 is 0 Å². The number of ether oxygens (including phenoxy) is 3. The van der Waals surface area contributed by atoms with Gasteiger partial charge in [-0.25, -0.2) is 0 Å². The summed E-state index contributed by atoms with van der Waals surface area (Å²) in [7, 11) is 6.08. The molecule has 0 saturated carbocycles. The molecule has 0 spiro atoms. The van der Waals surface area contributed by atoms with Crippen molar-refractivity contribution in [3.8, 4) is 0 Å². The second-order valence-corrected chi connectivity index (χ2v) is 6.07. The standard InChI is InChI=1S/C18H21NO5/c1-19-13-8-6-5-7-11(13)12-9-14(22-2)15(23-3)10-18(12,16(19)20)17(21)24-4/h5-8,12H,9-10H2,1-4H3/t12-,18+/m0/s1. The number of carbonyl (C=O) groups is 2. The molecule has 2 atom stereocenters. The summed E-state index contributed by atoms with van der Waals surface area (Å²) in [5.74, 6) is 0.0134. The number of allylic oxidation sites excluding steroid dienone is 2. The zero-order valence-electron chi connectivity index (χ0n) is 14.3. The molecule has 128 valence electrons. The van der Waals surface area contributed by atoms with Gasteiger partial charge in [0.25, 0.3) is 0 Å². The van der Waals surface area contributed by atoms with Crippen LogP contribution in [0.25, 0.3) is 0 Å². The van der Waals surface area contributed by atoms with Gasteiger partial charge in [-0.2, -0.15) is 0 Å². The van der Waals surface area contributed by atoms with Crippen LogP contribution in [0.1, 0.15) is 24.3 Å². The Morgan fingerprint density at radius 3 is 2.46 bits per heavy atom. The molecule has 1 aliphatic heterocycles. The van der Waals surface area contributed by atoms with E-state index in [0.29, 0.717) is 17.9 Å². The molecule has 1 aromatic carbocycles. The first-order valence-electron chi connectivity index (χ1n) is 7.76. The molecule has 0 aromatic heterocycles. The van der Waals surface area contributed by atoms with Gasteiger partial charge in [-0.1, -0.05) is 18.2 Å². The molecule has 6 nitrogen and oxygen atoms in total. The van der Waals surface area contributed by atoms with Crippen molar-refractivity contribution in [3.05, 3.63) is 41.3 Å². The molecule has 1 heterocycles. The highest BCUT2D eigenvalue weighted by Gasteiger charge is 2.61. The summed E-state index contributed by atoms with van der Waals surface area (Å²) in [5.41, 5.74) is 0.420. The molecule has 0 N–H and O–H groups in total. The number of benzene rings is 1. The highest BCUT2D eigenvalue weighted by Crippen LogP contribution is 2.56. The molecule has 0 radical (unpaired) electrons. The Labute approximate surface area is 141 Å². The van der Waals surface area contributed by atoms with E-state index in [2.05, 4.69) is 0 Å². The topological polar surface area (TPSA) is 65.1 Å². The molecule has 6 heteroatoms. The summed E-state index contributed by atoms with van der Waals surface area (Å²) >= 11 is 0. The van der Waals surface area contributed by atoms with Gasteiger partial charge >= 0.3 is 5.97 Å². The number of amides is 1. The van der Waals surface area contributed by atoms with Crippen molar-refractivity contribution >= 4 is 17.6 Å². The third-order valence-electron chi connectivity index (χ3n) is 5.14. The number of methoxy groups -OCH3 is 3. The largest absolute Gasteiger partial charge is 0.498 e. The first-order valence-corrected chi connectivity index (χ1v) is 7.76. The number of hydrogen-bond donors (Lipinski definition) is 0. The van der Waals surface area contributed by atoms with Gasteiger partial charge in [-0.05, 0) is 11.6 Å². The normalized spacial score (nSPS) is 25.8. The van der Waals surface area contributed by atoms with Crippen molar-refractivity contribution in [2.45, 2.75) is 18.8 Å². The monoisotopic (exact) mass is 331 g/mol. The molecule has 2 aliphatic rings. The van der Waals surface area contributed by atoms with E-state index in [1.807, 2.05) is 24.3 Å². The van der Waals surface area contributed by atoms with E-state index in [1.54, 1.807) is 14.2 Å². The fraction of sp³-hybridized carbons (Fsp3) is 0.444. The fourth-order valence-corrected chi connectivity index (χ4v) is 3.91. The van der Waals surface area contributed by atoms with Crippen LogP contribution in [0.15, 0.2) is 35.8 Å². The Bertz CT molecular complexity index is 726. The van der Waals surface area contributed by atoms with Crippen molar-refractivity contribution in [2.24, 2.45) is 5.41 Å². The Morgan fingerprint density at radius 1 is 1.17 bits per heavy atom. The predicted molar refractivity (Wildman–Crippen MR) is 87.3 cm³/mol. The van der Waals surface area contributed by atoms with Crippen LogP contribution in [0.3, 0.4) is 0 Å². The first kappa shape index (κ1) is 16.4. The number of anilines is 1. The van der Waals surface area contributed by atoms with Crippen LogP contribution in [0.2, 0.25) is 0 Å². The number of hydrogen-bond acceptors (Lipinski definition) is 5. The zero-order chi connectivity index (χ0) is 17.5. The zero-order valence-corrected chi connectivity index (χ0v) is 14.3. The number of para-hydroxylation sites is 1. The molecule has 0 saturated heterocycles. The van der Waals surface area contributed by atoms with Crippen LogP contribution in [0.4, 0.5) is 5.69 Å². The van der Waals surface area contributed by atoms with E-state index in [-0.39, 0.29) is 18.2 Å². The maximum Gasteiger partial charge on any atom is 0.322 e. The summed E-state index contributed by atoms with van der Waals surface area (Å²) in [4.78, 5) is 27.5. The molecule has 0 fully saturated rings. The van der Waals surface area contributed by atoms with Crippen molar-refractivity contribution < 1.29 is 23.8 Å². The molecule has 0 unspecified atom stereocenters. The lowest BCUT2D eigenvalue weighted by molar-refractivity contribution is -0.161. The van der Waals surface area contributed by atoms with Gasteiger partial charge in [0.05, 0.1) is 21.3 Å². The molecule has 0 bridgehead atoms. The van der Waals surface area contributed by atoms with Gasteiger partial charge in [0.1, 0.15) is 11.5 Å². The quantitative estimate of drug-likeness (QED) is 0.627.